The SMILES string of the molecule is CCCCCCCCCCCCCCCCCCCCCCCCCCCCCCCCOC(=O)C1CC=CC1. The summed E-state index contributed by atoms with van der Waals surface area (Å²) in [6, 6.07) is 0. The maximum Gasteiger partial charge on any atom is 0.309 e. The van der Waals surface area contributed by atoms with Gasteiger partial charge >= 0.3 is 5.97 Å². The number of esters is 1. The number of carbonyl (C=O) groups excluding carboxylic acids is 1. The molecule has 0 aliphatic heterocycles. The van der Waals surface area contributed by atoms with Crippen molar-refractivity contribution in [1.82, 2.24) is 0 Å². The third-order valence-corrected chi connectivity index (χ3v) is 9.08. The van der Waals surface area contributed by atoms with Crippen LogP contribution in [0.15, 0.2) is 12.2 Å². The highest BCUT2D eigenvalue weighted by molar-refractivity contribution is 5.73. The van der Waals surface area contributed by atoms with E-state index in [0.29, 0.717) is 6.61 Å². The monoisotopic (exact) mass is 561 g/mol. The molecule has 0 atom stereocenters. The molecule has 1 aliphatic carbocycles. The zero-order chi connectivity index (χ0) is 28.6. The van der Waals surface area contributed by atoms with Gasteiger partial charge in [0.25, 0.3) is 0 Å². The van der Waals surface area contributed by atoms with Crippen LogP contribution in [0.5, 0.6) is 0 Å². The topological polar surface area (TPSA) is 26.3 Å². The molecule has 0 radical (unpaired) electrons. The first-order chi connectivity index (χ1) is 19.8. The van der Waals surface area contributed by atoms with Crippen LogP contribution in [0.4, 0.5) is 0 Å². The number of hydrogen-bond acceptors (Lipinski definition) is 2. The summed E-state index contributed by atoms with van der Waals surface area (Å²) in [7, 11) is 0. The fourth-order valence-electron chi connectivity index (χ4n) is 6.23. The Hall–Kier alpha value is -0.790. The molecule has 0 aromatic heterocycles. The van der Waals surface area contributed by atoms with Gasteiger partial charge in [0.1, 0.15) is 0 Å². The predicted molar refractivity (Wildman–Crippen MR) is 177 cm³/mol. The number of unbranched alkanes of at least 4 members (excludes halogenated alkanes) is 29. The molecule has 0 fully saturated rings. The van der Waals surface area contributed by atoms with Crippen molar-refractivity contribution < 1.29 is 9.53 Å². The summed E-state index contributed by atoms with van der Waals surface area (Å²) >= 11 is 0. The van der Waals surface area contributed by atoms with Crippen LogP contribution < -0.4 is 0 Å². The van der Waals surface area contributed by atoms with E-state index in [1.807, 2.05) is 0 Å². The molecule has 1 aliphatic rings. The lowest BCUT2D eigenvalue weighted by atomic mass is 10.0. The molecule has 0 spiro atoms. The third-order valence-electron chi connectivity index (χ3n) is 9.08. The number of ether oxygens (including phenoxy) is 1. The first kappa shape index (κ1) is 37.2. The van der Waals surface area contributed by atoms with Crippen LogP contribution in [0.1, 0.15) is 212 Å². The molecule has 2 heteroatoms. The highest BCUT2D eigenvalue weighted by atomic mass is 16.5. The van der Waals surface area contributed by atoms with Crippen LogP contribution in [-0.2, 0) is 9.53 Å². The summed E-state index contributed by atoms with van der Waals surface area (Å²) in [6.07, 6.45) is 48.7. The fraction of sp³-hybridized carbons (Fsp3) is 0.921. The molecular formula is C38H72O2. The second-order valence-electron chi connectivity index (χ2n) is 13.1. The van der Waals surface area contributed by atoms with E-state index < -0.39 is 0 Å². The van der Waals surface area contributed by atoms with Crippen LogP contribution >= 0.6 is 0 Å². The maximum atomic E-state index is 11.8. The summed E-state index contributed by atoms with van der Waals surface area (Å²) in [5.41, 5.74) is 0. The minimum atomic E-state index is 0.0143. The minimum Gasteiger partial charge on any atom is -0.465 e. The molecule has 40 heavy (non-hydrogen) atoms. The van der Waals surface area contributed by atoms with Gasteiger partial charge in [0.15, 0.2) is 0 Å². The molecule has 236 valence electrons. The van der Waals surface area contributed by atoms with E-state index in [1.54, 1.807) is 0 Å². The molecule has 0 aromatic carbocycles. The smallest absolute Gasteiger partial charge is 0.309 e. The third kappa shape index (κ3) is 26.1. The second kappa shape index (κ2) is 31.2. The van der Waals surface area contributed by atoms with Crippen LogP contribution in [0.25, 0.3) is 0 Å². The second-order valence-corrected chi connectivity index (χ2v) is 13.1. The number of rotatable bonds is 32. The summed E-state index contributed by atoms with van der Waals surface area (Å²) in [5.74, 6) is 0.119. The molecule has 0 saturated heterocycles. The fourth-order valence-corrected chi connectivity index (χ4v) is 6.23. The quantitative estimate of drug-likeness (QED) is 0.0464. The molecule has 1 rings (SSSR count). The normalized spacial score (nSPS) is 13.4. The lowest BCUT2D eigenvalue weighted by Crippen LogP contribution is -2.15. The first-order valence-electron chi connectivity index (χ1n) is 18.7. The summed E-state index contributed by atoms with van der Waals surface area (Å²) in [4.78, 5) is 11.8. The van der Waals surface area contributed by atoms with Crippen molar-refractivity contribution >= 4 is 5.97 Å². The van der Waals surface area contributed by atoms with Crippen molar-refractivity contribution in [3.8, 4) is 0 Å². The van der Waals surface area contributed by atoms with Gasteiger partial charge in [-0.3, -0.25) is 4.79 Å². The Morgan fingerprint density at radius 1 is 0.450 bits per heavy atom. The Kier molecular flexibility index (Phi) is 29.0. The molecular weight excluding hydrogens is 488 g/mol. The summed E-state index contributed by atoms with van der Waals surface area (Å²) in [6.45, 7) is 2.92. The Morgan fingerprint density at radius 2 is 0.700 bits per heavy atom. The molecule has 0 aromatic rings. The molecule has 0 bridgehead atoms. The van der Waals surface area contributed by atoms with Gasteiger partial charge in [-0.05, 0) is 19.3 Å². The van der Waals surface area contributed by atoms with Gasteiger partial charge in [0, 0.05) is 0 Å². The van der Waals surface area contributed by atoms with Crippen molar-refractivity contribution in [3.05, 3.63) is 12.2 Å². The number of hydrogen-bond donors (Lipinski definition) is 0. The largest absolute Gasteiger partial charge is 0.465 e. The predicted octanol–water partition coefficient (Wildman–Crippen LogP) is 13.2. The Labute approximate surface area is 252 Å². The van der Waals surface area contributed by atoms with E-state index in [9.17, 15) is 4.79 Å². The average Bonchev–Trinajstić information content (AvgIpc) is 3.51. The molecule has 0 amide bonds. The van der Waals surface area contributed by atoms with Gasteiger partial charge in [0.05, 0.1) is 12.5 Å². The molecule has 0 N–H and O–H groups in total. The minimum absolute atomic E-state index is 0.0143. The van der Waals surface area contributed by atoms with Crippen molar-refractivity contribution in [3.63, 3.8) is 0 Å². The van der Waals surface area contributed by atoms with Crippen molar-refractivity contribution in [2.24, 2.45) is 5.92 Å². The Bertz CT molecular complexity index is 532. The Balaban J connectivity index is 1.62. The van der Waals surface area contributed by atoms with Gasteiger partial charge in [0.2, 0.25) is 0 Å². The molecule has 0 heterocycles. The van der Waals surface area contributed by atoms with Gasteiger partial charge in [-0.1, -0.05) is 205 Å². The summed E-state index contributed by atoms with van der Waals surface area (Å²) < 4.78 is 5.41. The van der Waals surface area contributed by atoms with E-state index in [0.717, 1.165) is 19.3 Å². The highest BCUT2D eigenvalue weighted by Crippen LogP contribution is 2.20. The maximum absolute atomic E-state index is 11.8. The summed E-state index contributed by atoms with van der Waals surface area (Å²) in [5, 5.41) is 0. The van der Waals surface area contributed by atoms with Crippen molar-refractivity contribution in [1.29, 1.82) is 0 Å². The highest BCUT2D eigenvalue weighted by Gasteiger charge is 2.20. The Morgan fingerprint density at radius 3 is 0.975 bits per heavy atom. The standard InChI is InChI=1S/C38H72O2/c1-2-3-4-5-6-7-8-9-10-11-12-13-14-15-16-17-18-19-20-21-22-23-24-25-26-27-28-29-30-33-36-40-38(39)37-34-31-32-35-37/h31-32,37H,2-30,33-36H2,1H3. The number of allylic oxidation sites excluding steroid dienone is 2. The van der Waals surface area contributed by atoms with Crippen molar-refractivity contribution in [2.75, 3.05) is 6.61 Å². The average molecular weight is 561 g/mol. The first-order valence-corrected chi connectivity index (χ1v) is 18.7. The van der Waals surface area contributed by atoms with Crippen LogP contribution in [0.3, 0.4) is 0 Å². The van der Waals surface area contributed by atoms with Gasteiger partial charge in [-0.2, -0.15) is 0 Å². The van der Waals surface area contributed by atoms with E-state index in [4.69, 9.17) is 4.74 Å². The van der Waals surface area contributed by atoms with Gasteiger partial charge < -0.3 is 4.74 Å². The molecule has 0 unspecified atom stereocenters. The number of carbonyl (C=O) groups is 1. The van der Waals surface area contributed by atoms with Gasteiger partial charge in [-0.25, -0.2) is 0 Å². The zero-order valence-corrected chi connectivity index (χ0v) is 27.4. The van der Waals surface area contributed by atoms with E-state index in [1.165, 1.54) is 186 Å². The van der Waals surface area contributed by atoms with Gasteiger partial charge in [-0.15, -0.1) is 0 Å². The van der Waals surface area contributed by atoms with Crippen molar-refractivity contribution in [2.45, 2.75) is 212 Å². The van der Waals surface area contributed by atoms with Crippen LogP contribution in [-0.4, -0.2) is 12.6 Å². The molecule has 2 nitrogen and oxygen atoms in total. The van der Waals surface area contributed by atoms with Crippen LogP contribution in [0, 0.1) is 5.92 Å². The van der Waals surface area contributed by atoms with E-state index in [2.05, 4.69) is 19.1 Å². The van der Waals surface area contributed by atoms with E-state index >= 15 is 0 Å². The lowest BCUT2D eigenvalue weighted by molar-refractivity contribution is -0.148. The van der Waals surface area contributed by atoms with E-state index in [-0.39, 0.29) is 11.9 Å². The molecule has 0 saturated carbocycles. The zero-order valence-electron chi connectivity index (χ0n) is 27.4. The lowest BCUT2D eigenvalue weighted by Gasteiger charge is -2.09. The van der Waals surface area contributed by atoms with Crippen LogP contribution in [0.2, 0.25) is 0 Å².